The van der Waals surface area contributed by atoms with E-state index in [1.165, 1.54) is 12.1 Å². The number of benzene rings is 1. The number of amidine groups is 1. The fourth-order valence-corrected chi connectivity index (χ4v) is 5.05. The zero-order valence-electron chi connectivity index (χ0n) is 20.1. The van der Waals surface area contributed by atoms with E-state index in [1.807, 2.05) is 18.0 Å². The maximum Gasteiger partial charge on any atom is 0.416 e. The third-order valence-corrected chi connectivity index (χ3v) is 7.36. The van der Waals surface area contributed by atoms with Crippen molar-refractivity contribution in [2.45, 2.75) is 24.2 Å². The number of amides is 1. The number of pyridine rings is 1. The van der Waals surface area contributed by atoms with Crippen LogP contribution in [-0.2, 0) is 10.9 Å². The zero-order valence-corrected chi connectivity index (χ0v) is 20.9. The first kappa shape index (κ1) is 26.2. The van der Waals surface area contributed by atoms with E-state index in [9.17, 15) is 18.0 Å². The number of carbonyl (C=O) groups excluding carboxylic acids is 1. The van der Waals surface area contributed by atoms with E-state index in [0.717, 1.165) is 54.4 Å². The van der Waals surface area contributed by atoms with E-state index >= 15 is 0 Å². The van der Waals surface area contributed by atoms with Crippen LogP contribution in [-0.4, -0.2) is 78.1 Å². The quantitative estimate of drug-likeness (QED) is 0.516. The molecule has 1 amide bonds. The highest BCUT2D eigenvalue weighted by molar-refractivity contribution is 7.99. The average Bonchev–Trinajstić information content (AvgIpc) is 3.26. The Kier molecular flexibility index (Phi) is 8.37. The molecule has 2 aromatic rings. The van der Waals surface area contributed by atoms with E-state index < -0.39 is 11.7 Å². The average molecular weight is 523 g/mol. The van der Waals surface area contributed by atoms with Crippen LogP contribution in [0.4, 0.5) is 13.2 Å². The van der Waals surface area contributed by atoms with Gasteiger partial charge in [-0.15, -0.1) is 11.8 Å². The van der Waals surface area contributed by atoms with Gasteiger partial charge in [0, 0.05) is 38.9 Å². The summed E-state index contributed by atoms with van der Waals surface area (Å²) in [6.07, 6.45) is -1.97. The molecule has 0 bridgehead atoms. The van der Waals surface area contributed by atoms with Crippen molar-refractivity contribution < 1.29 is 22.7 Å². The number of halogens is 3. The minimum atomic E-state index is -4.34. The standard InChI is InChI=1S/C24H29F3N6O2S/c1-28-22(34)19-9-6-17(14-29-19)21-30-31-23(32(21)2)36-13-3-10-33-11-12-35-20(15-33)16-4-7-18(8-5-16)24(25,26)27/h4-9,14,20,23,31H,3,10-13,15H2,1-2H3,(H,28,34). The van der Waals surface area contributed by atoms with Gasteiger partial charge in [-0.25, -0.2) is 0 Å². The molecule has 0 radical (unpaired) electrons. The van der Waals surface area contributed by atoms with Crippen molar-refractivity contribution in [3.8, 4) is 0 Å². The molecular weight excluding hydrogens is 493 g/mol. The number of alkyl halides is 3. The minimum Gasteiger partial charge on any atom is -0.371 e. The molecule has 2 atom stereocenters. The predicted molar refractivity (Wildman–Crippen MR) is 133 cm³/mol. The van der Waals surface area contributed by atoms with Gasteiger partial charge in [0.25, 0.3) is 5.91 Å². The topological polar surface area (TPSA) is 82.1 Å². The Hall–Kier alpha value is -2.83. The third-order valence-electron chi connectivity index (χ3n) is 6.10. The monoisotopic (exact) mass is 522 g/mol. The van der Waals surface area contributed by atoms with E-state index in [-0.39, 0.29) is 17.5 Å². The molecular formula is C24H29F3N6O2S. The molecule has 2 aliphatic rings. The van der Waals surface area contributed by atoms with E-state index in [4.69, 9.17) is 4.74 Å². The second-order valence-corrected chi connectivity index (χ2v) is 9.73. The maximum absolute atomic E-state index is 12.8. The van der Waals surface area contributed by atoms with Crippen LogP contribution in [0.2, 0.25) is 0 Å². The SMILES string of the molecule is CNC(=O)c1ccc(C2=NNC(SCCCN3CCOC(c4ccc(C(F)(F)F)cc4)C3)N2C)cn1. The van der Waals surface area contributed by atoms with E-state index in [1.54, 1.807) is 31.1 Å². The summed E-state index contributed by atoms with van der Waals surface area (Å²) in [6, 6.07) is 8.74. The lowest BCUT2D eigenvalue weighted by molar-refractivity contribution is -0.137. The van der Waals surface area contributed by atoms with Crippen LogP contribution in [0.5, 0.6) is 0 Å². The van der Waals surface area contributed by atoms with Crippen molar-refractivity contribution in [2.75, 3.05) is 46.1 Å². The molecule has 1 aromatic carbocycles. The van der Waals surface area contributed by atoms with Crippen molar-refractivity contribution in [2.24, 2.45) is 5.10 Å². The number of carbonyl (C=O) groups is 1. The fraction of sp³-hybridized carbons (Fsp3) is 0.458. The molecule has 1 saturated heterocycles. The first-order chi connectivity index (χ1) is 17.3. The molecule has 0 saturated carbocycles. The Balaban J connectivity index is 1.21. The van der Waals surface area contributed by atoms with Crippen LogP contribution < -0.4 is 10.7 Å². The van der Waals surface area contributed by atoms with Gasteiger partial charge in [0.1, 0.15) is 5.69 Å². The molecule has 4 rings (SSSR count). The third kappa shape index (κ3) is 6.29. The molecule has 3 heterocycles. The van der Waals surface area contributed by atoms with Gasteiger partial charge < -0.3 is 15.0 Å². The molecule has 0 spiro atoms. The number of hydrazone groups is 1. The summed E-state index contributed by atoms with van der Waals surface area (Å²) in [5.41, 5.74) is 4.42. The number of rotatable bonds is 8. The Morgan fingerprint density at radius 2 is 2.03 bits per heavy atom. The number of hydrogen-bond acceptors (Lipinski definition) is 8. The molecule has 1 aromatic heterocycles. The summed E-state index contributed by atoms with van der Waals surface area (Å²) in [7, 11) is 3.52. The lowest BCUT2D eigenvalue weighted by Crippen LogP contribution is -2.39. The Labute approximate surface area is 212 Å². The summed E-state index contributed by atoms with van der Waals surface area (Å²) < 4.78 is 44.3. The molecule has 8 nitrogen and oxygen atoms in total. The number of thioether (sulfide) groups is 1. The lowest BCUT2D eigenvalue weighted by Gasteiger charge is -2.33. The van der Waals surface area contributed by atoms with Gasteiger partial charge in [0.15, 0.2) is 11.3 Å². The number of nitrogens with one attached hydrogen (secondary N) is 2. The Bertz CT molecular complexity index is 1070. The van der Waals surface area contributed by atoms with Gasteiger partial charge in [-0.2, -0.15) is 18.3 Å². The molecule has 2 N–H and O–H groups in total. The zero-order chi connectivity index (χ0) is 25.7. The van der Waals surface area contributed by atoms with Crippen LogP contribution in [0.25, 0.3) is 0 Å². The summed E-state index contributed by atoms with van der Waals surface area (Å²) in [5, 5.41) is 6.98. The van der Waals surface area contributed by atoms with Crippen molar-refractivity contribution in [1.82, 2.24) is 25.5 Å². The van der Waals surface area contributed by atoms with Gasteiger partial charge in [0.2, 0.25) is 0 Å². The van der Waals surface area contributed by atoms with Crippen LogP contribution in [0.3, 0.4) is 0 Å². The van der Waals surface area contributed by atoms with Crippen LogP contribution >= 0.6 is 11.8 Å². The number of aromatic nitrogens is 1. The molecule has 36 heavy (non-hydrogen) atoms. The van der Waals surface area contributed by atoms with Crippen molar-refractivity contribution >= 4 is 23.5 Å². The van der Waals surface area contributed by atoms with Gasteiger partial charge >= 0.3 is 6.18 Å². The lowest BCUT2D eigenvalue weighted by atomic mass is 10.1. The normalized spacial score (nSPS) is 20.7. The predicted octanol–water partition coefficient (Wildman–Crippen LogP) is 3.14. The number of morpholine rings is 1. The molecule has 1 fully saturated rings. The maximum atomic E-state index is 12.8. The Morgan fingerprint density at radius 3 is 2.69 bits per heavy atom. The molecule has 2 unspecified atom stereocenters. The molecule has 2 aliphatic heterocycles. The van der Waals surface area contributed by atoms with E-state index in [0.29, 0.717) is 18.8 Å². The van der Waals surface area contributed by atoms with Gasteiger partial charge in [0.05, 0.1) is 18.3 Å². The van der Waals surface area contributed by atoms with Gasteiger partial charge in [-0.05, 0) is 48.5 Å². The molecule has 194 valence electrons. The minimum absolute atomic E-state index is 0.0109. The highest BCUT2D eigenvalue weighted by Gasteiger charge is 2.31. The first-order valence-corrected chi connectivity index (χ1v) is 12.7. The number of nitrogens with zero attached hydrogens (tertiary/aromatic N) is 4. The summed E-state index contributed by atoms with van der Waals surface area (Å²) in [6.45, 7) is 2.89. The van der Waals surface area contributed by atoms with Gasteiger partial charge in [-0.3, -0.25) is 20.1 Å². The largest absolute Gasteiger partial charge is 0.416 e. The summed E-state index contributed by atoms with van der Waals surface area (Å²) in [4.78, 5) is 20.2. The Morgan fingerprint density at radius 1 is 1.25 bits per heavy atom. The first-order valence-electron chi connectivity index (χ1n) is 11.6. The van der Waals surface area contributed by atoms with Crippen molar-refractivity contribution in [3.63, 3.8) is 0 Å². The van der Waals surface area contributed by atoms with Crippen LogP contribution in [0, 0.1) is 0 Å². The van der Waals surface area contributed by atoms with Crippen molar-refractivity contribution in [1.29, 1.82) is 0 Å². The fourth-order valence-electron chi connectivity index (χ4n) is 4.08. The smallest absolute Gasteiger partial charge is 0.371 e. The number of hydrogen-bond donors (Lipinski definition) is 2. The van der Waals surface area contributed by atoms with Gasteiger partial charge in [-0.1, -0.05) is 12.1 Å². The second kappa shape index (κ2) is 11.5. The van der Waals surface area contributed by atoms with E-state index in [2.05, 4.69) is 25.7 Å². The summed E-state index contributed by atoms with van der Waals surface area (Å²) >= 11 is 1.74. The number of ether oxygens (including phenoxy) is 1. The highest BCUT2D eigenvalue weighted by atomic mass is 32.2. The highest BCUT2D eigenvalue weighted by Crippen LogP contribution is 2.31. The van der Waals surface area contributed by atoms with Crippen molar-refractivity contribution in [3.05, 3.63) is 65.0 Å². The van der Waals surface area contributed by atoms with Crippen LogP contribution in [0.1, 0.15) is 39.7 Å². The second-order valence-electron chi connectivity index (χ2n) is 8.54. The molecule has 0 aliphatic carbocycles. The summed E-state index contributed by atoms with van der Waals surface area (Å²) in [5.74, 6) is 1.43. The molecule has 12 heteroatoms. The van der Waals surface area contributed by atoms with Crippen LogP contribution in [0.15, 0.2) is 47.7 Å².